The molecule has 0 aliphatic carbocycles. The lowest BCUT2D eigenvalue weighted by Crippen LogP contribution is -2.13. The summed E-state index contributed by atoms with van der Waals surface area (Å²) in [6.07, 6.45) is 0. The van der Waals surface area contributed by atoms with E-state index in [1.807, 2.05) is 19.1 Å². The first-order chi connectivity index (χ1) is 7.77. The summed E-state index contributed by atoms with van der Waals surface area (Å²) in [6, 6.07) is 3.95. The van der Waals surface area contributed by atoms with Crippen molar-refractivity contribution < 1.29 is 9.47 Å². The highest BCUT2D eigenvalue weighted by Gasteiger charge is 2.01. The van der Waals surface area contributed by atoms with Gasteiger partial charge in [-0.05, 0) is 19.0 Å². The maximum atomic E-state index is 5.43. The largest absolute Gasteiger partial charge is 0.475 e. The molecule has 1 aromatic heterocycles. The zero-order valence-electron chi connectivity index (χ0n) is 10.2. The third-order valence-corrected chi connectivity index (χ3v) is 2.27. The monoisotopic (exact) mass is 224 g/mol. The summed E-state index contributed by atoms with van der Waals surface area (Å²) < 4.78 is 10.3. The molecule has 0 aromatic carbocycles. The summed E-state index contributed by atoms with van der Waals surface area (Å²) in [6.45, 7) is 7.02. The van der Waals surface area contributed by atoms with Crippen LogP contribution in [0.15, 0.2) is 12.1 Å². The average molecular weight is 224 g/mol. The first-order valence-corrected chi connectivity index (χ1v) is 5.57. The van der Waals surface area contributed by atoms with E-state index in [9.17, 15) is 0 Å². The number of nitrogens with one attached hydrogen (secondary N) is 1. The molecule has 0 aliphatic rings. The van der Waals surface area contributed by atoms with Crippen molar-refractivity contribution in [2.24, 2.45) is 0 Å². The van der Waals surface area contributed by atoms with E-state index in [0.717, 1.165) is 18.8 Å². The summed E-state index contributed by atoms with van der Waals surface area (Å²) in [7, 11) is 1.65. The quantitative estimate of drug-likeness (QED) is 0.713. The fourth-order valence-electron chi connectivity index (χ4n) is 1.32. The van der Waals surface area contributed by atoms with Gasteiger partial charge in [0.15, 0.2) is 0 Å². The summed E-state index contributed by atoms with van der Waals surface area (Å²) >= 11 is 0. The van der Waals surface area contributed by atoms with Crippen molar-refractivity contribution in [3.05, 3.63) is 23.4 Å². The number of hydrogen-bond donors (Lipinski definition) is 1. The minimum atomic E-state index is 0.537. The van der Waals surface area contributed by atoms with E-state index in [0.29, 0.717) is 19.1 Å². The minimum absolute atomic E-state index is 0.537. The number of aromatic nitrogens is 1. The van der Waals surface area contributed by atoms with Gasteiger partial charge in [0.2, 0.25) is 5.88 Å². The Morgan fingerprint density at radius 1 is 1.31 bits per heavy atom. The molecule has 0 radical (unpaired) electrons. The number of hydrogen-bond acceptors (Lipinski definition) is 4. The summed E-state index contributed by atoms with van der Waals surface area (Å²) in [5, 5.41) is 3.28. The first kappa shape index (κ1) is 12.9. The van der Waals surface area contributed by atoms with Gasteiger partial charge in [0.1, 0.15) is 6.61 Å². The molecule has 0 bridgehead atoms. The van der Waals surface area contributed by atoms with Crippen LogP contribution in [-0.2, 0) is 11.3 Å². The maximum Gasteiger partial charge on any atom is 0.213 e. The Balaban J connectivity index is 2.53. The smallest absolute Gasteiger partial charge is 0.213 e. The molecule has 1 N–H and O–H groups in total. The normalized spacial score (nSPS) is 10.4. The van der Waals surface area contributed by atoms with Gasteiger partial charge < -0.3 is 14.8 Å². The molecule has 4 heteroatoms. The highest BCUT2D eigenvalue weighted by atomic mass is 16.5. The van der Waals surface area contributed by atoms with Gasteiger partial charge in [-0.25, -0.2) is 4.98 Å². The van der Waals surface area contributed by atoms with E-state index in [1.54, 1.807) is 7.11 Å². The highest BCUT2D eigenvalue weighted by molar-refractivity contribution is 5.24. The number of methoxy groups -OCH3 is 1. The van der Waals surface area contributed by atoms with Crippen LogP contribution in [0.1, 0.15) is 18.2 Å². The number of ether oxygens (including phenoxy) is 2. The molecule has 4 nitrogen and oxygen atoms in total. The molecule has 0 fully saturated rings. The second-order valence-corrected chi connectivity index (χ2v) is 3.52. The molecule has 1 heterocycles. The van der Waals surface area contributed by atoms with E-state index in [2.05, 4.69) is 17.2 Å². The number of rotatable bonds is 7. The number of nitrogens with zero attached hydrogens (tertiary/aromatic N) is 1. The van der Waals surface area contributed by atoms with Crippen LogP contribution in [0, 0.1) is 6.92 Å². The van der Waals surface area contributed by atoms with Crippen molar-refractivity contribution >= 4 is 0 Å². The predicted octanol–water partition coefficient (Wildman–Crippen LogP) is 1.52. The molecule has 0 unspecified atom stereocenters. The summed E-state index contributed by atoms with van der Waals surface area (Å²) in [5.41, 5.74) is 2.22. The van der Waals surface area contributed by atoms with Crippen molar-refractivity contribution in [1.29, 1.82) is 0 Å². The van der Waals surface area contributed by atoms with E-state index in [-0.39, 0.29) is 0 Å². The van der Waals surface area contributed by atoms with E-state index >= 15 is 0 Å². The van der Waals surface area contributed by atoms with Gasteiger partial charge in [-0.15, -0.1) is 0 Å². The SMILES string of the molecule is CCNCc1ccc(OCCOC)nc1C. The molecule has 0 spiro atoms. The third kappa shape index (κ3) is 4.16. The van der Waals surface area contributed by atoms with Crippen molar-refractivity contribution in [2.45, 2.75) is 20.4 Å². The van der Waals surface area contributed by atoms with Gasteiger partial charge in [0.05, 0.1) is 6.61 Å². The molecule has 1 aromatic rings. The van der Waals surface area contributed by atoms with Crippen LogP contribution in [0.25, 0.3) is 0 Å². The molecular weight excluding hydrogens is 204 g/mol. The van der Waals surface area contributed by atoms with Crippen LogP contribution in [0.3, 0.4) is 0 Å². The molecular formula is C12H20N2O2. The fourth-order valence-corrected chi connectivity index (χ4v) is 1.32. The predicted molar refractivity (Wildman–Crippen MR) is 63.7 cm³/mol. The van der Waals surface area contributed by atoms with Crippen LogP contribution in [0.4, 0.5) is 0 Å². The second-order valence-electron chi connectivity index (χ2n) is 3.52. The zero-order valence-corrected chi connectivity index (χ0v) is 10.2. The molecule has 0 saturated heterocycles. The Kier molecular flexibility index (Phi) is 5.82. The zero-order chi connectivity index (χ0) is 11.8. The Hall–Kier alpha value is -1.13. The van der Waals surface area contributed by atoms with E-state index in [1.165, 1.54) is 5.56 Å². The molecule has 1 rings (SSSR count). The van der Waals surface area contributed by atoms with Crippen molar-refractivity contribution in [2.75, 3.05) is 26.9 Å². The molecule has 0 saturated carbocycles. The van der Waals surface area contributed by atoms with Gasteiger partial charge >= 0.3 is 0 Å². The third-order valence-electron chi connectivity index (χ3n) is 2.27. The van der Waals surface area contributed by atoms with Crippen molar-refractivity contribution in [1.82, 2.24) is 10.3 Å². The van der Waals surface area contributed by atoms with Gasteiger partial charge in [0.25, 0.3) is 0 Å². The van der Waals surface area contributed by atoms with Gasteiger partial charge in [-0.3, -0.25) is 0 Å². The highest BCUT2D eigenvalue weighted by Crippen LogP contribution is 2.12. The van der Waals surface area contributed by atoms with Gasteiger partial charge in [-0.1, -0.05) is 13.0 Å². The molecule has 0 amide bonds. The number of pyridine rings is 1. The van der Waals surface area contributed by atoms with Crippen LogP contribution in [0.5, 0.6) is 5.88 Å². The summed E-state index contributed by atoms with van der Waals surface area (Å²) in [5.74, 6) is 0.662. The van der Waals surface area contributed by atoms with Crippen molar-refractivity contribution in [3.63, 3.8) is 0 Å². The standard InChI is InChI=1S/C12H20N2O2/c1-4-13-9-11-5-6-12(14-10(11)2)16-8-7-15-3/h5-6,13H,4,7-9H2,1-3H3. The lowest BCUT2D eigenvalue weighted by atomic mass is 10.2. The molecule has 0 atom stereocenters. The Labute approximate surface area is 97.0 Å². The first-order valence-electron chi connectivity index (χ1n) is 5.57. The van der Waals surface area contributed by atoms with E-state index < -0.39 is 0 Å². The molecule has 90 valence electrons. The maximum absolute atomic E-state index is 5.43. The van der Waals surface area contributed by atoms with Gasteiger partial charge in [-0.2, -0.15) is 0 Å². The lowest BCUT2D eigenvalue weighted by Gasteiger charge is -2.09. The van der Waals surface area contributed by atoms with Crippen LogP contribution in [-0.4, -0.2) is 31.9 Å². The van der Waals surface area contributed by atoms with E-state index in [4.69, 9.17) is 9.47 Å². The van der Waals surface area contributed by atoms with Crippen LogP contribution >= 0.6 is 0 Å². The van der Waals surface area contributed by atoms with Gasteiger partial charge in [0, 0.05) is 25.4 Å². The van der Waals surface area contributed by atoms with Crippen LogP contribution < -0.4 is 10.1 Å². The Bertz CT molecular complexity index is 316. The van der Waals surface area contributed by atoms with Crippen molar-refractivity contribution in [3.8, 4) is 5.88 Å². The Morgan fingerprint density at radius 2 is 2.12 bits per heavy atom. The average Bonchev–Trinajstić information content (AvgIpc) is 2.28. The second kappa shape index (κ2) is 7.19. The molecule has 0 aliphatic heterocycles. The minimum Gasteiger partial charge on any atom is -0.475 e. The topological polar surface area (TPSA) is 43.4 Å². The van der Waals surface area contributed by atoms with Crippen LogP contribution in [0.2, 0.25) is 0 Å². The number of aryl methyl sites for hydroxylation is 1. The molecule has 16 heavy (non-hydrogen) atoms. The Morgan fingerprint density at radius 3 is 2.75 bits per heavy atom. The summed E-state index contributed by atoms with van der Waals surface area (Å²) in [4.78, 5) is 4.38. The lowest BCUT2D eigenvalue weighted by molar-refractivity contribution is 0.143. The fraction of sp³-hybridized carbons (Fsp3) is 0.583.